The molecule has 138 valence electrons. The van der Waals surface area contributed by atoms with Crippen molar-refractivity contribution in [2.75, 3.05) is 25.6 Å². The van der Waals surface area contributed by atoms with Crippen molar-refractivity contribution in [3.8, 4) is 5.75 Å². The number of esters is 1. The smallest absolute Gasteiger partial charge is 0.339 e. The van der Waals surface area contributed by atoms with Gasteiger partial charge in [0.05, 0.1) is 24.3 Å². The van der Waals surface area contributed by atoms with Gasteiger partial charge in [-0.3, -0.25) is 0 Å². The SMILES string of the molecule is CCOC(=O)c1ccc(NC(=S)NCCc2ccc(OC)cc2)cc1Cl. The normalized spacial score (nSPS) is 10.1. The second kappa shape index (κ2) is 9.99. The van der Waals surface area contributed by atoms with Crippen molar-refractivity contribution in [2.24, 2.45) is 0 Å². The monoisotopic (exact) mass is 392 g/mol. The lowest BCUT2D eigenvalue weighted by Crippen LogP contribution is -2.30. The molecule has 26 heavy (non-hydrogen) atoms. The molecule has 2 rings (SSSR count). The van der Waals surface area contributed by atoms with Crippen molar-refractivity contribution < 1.29 is 14.3 Å². The van der Waals surface area contributed by atoms with Gasteiger partial charge >= 0.3 is 5.97 Å². The van der Waals surface area contributed by atoms with E-state index in [1.165, 1.54) is 5.56 Å². The van der Waals surface area contributed by atoms with Crippen molar-refractivity contribution >= 4 is 40.6 Å². The highest BCUT2D eigenvalue weighted by Gasteiger charge is 2.12. The fourth-order valence-corrected chi connectivity index (χ4v) is 2.73. The molecule has 2 N–H and O–H groups in total. The van der Waals surface area contributed by atoms with Gasteiger partial charge in [0, 0.05) is 12.2 Å². The number of rotatable bonds is 7. The van der Waals surface area contributed by atoms with E-state index in [1.54, 1.807) is 32.2 Å². The Hall–Kier alpha value is -2.31. The number of carbonyl (C=O) groups is 1. The van der Waals surface area contributed by atoms with E-state index in [0.29, 0.717) is 34.5 Å². The summed E-state index contributed by atoms with van der Waals surface area (Å²) < 4.78 is 10.1. The zero-order valence-corrected chi connectivity index (χ0v) is 16.2. The van der Waals surface area contributed by atoms with E-state index < -0.39 is 5.97 Å². The number of halogens is 1. The quantitative estimate of drug-likeness (QED) is 0.547. The highest BCUT2D eigenvalue weighted by atomic mass is 35.5. The van der Waals surface area contributed by atoms with E-state index in [4.69, 9.17) is 33.3 Å². The van der Waals surface area contributed by atoms with Crippen molar-refractivity contribution in [1.29, 1.82) is 0 Å². The molecule has 0 aliphatic rings. The summed E-state index contributed by atoms with van der Waals surface area (Å²) in [6, 6.07) is 12.9. The summed E-state index contributed by atoms with van der Waals surface area (Å²) in [5.74, 6) is 0.395. The number of benzene rings is 2. The first-order valence-electron chi connectivity index (χ1n) is 8.18. The first kappa shape index (κ1) is 20.0. The molecular formula is C19H21ClN2O3S. The fourth-order valence-electron chi connectivity index (χ4n) is 2.26. The predicted molar refractivity (Wildman–Crippen MR) is 108 cm³/mol. The first-order chi connectivity index (χ1) is 12.5. The molecule has 7 heteroatoms. The number of anilines is 1. The molecule has 0 atom stereocenters. The van der Waals surface area contributed by atoms with Crippen LogP contribution in [0.5, 0.6) is 5.75 Å². The van der Waals surface area contributed by atoms with Crippen LogP contribution in [0.4, 0.5) is 5.69 Å². The van der Waals surface area contributed by atoms with Crippen molar-refractivity contribution in [1.82, 2.24) is 5.32 Å². The Balaban J connectivity index is 1.83. The summed E-state index contributed by atoms with van der Waals surface area (Å²) in [5, 5.41) is 6.99. The number of thiocarbonyl (C=S) groups is 1. The lowest BCUT2D eigenvalue weighted by molar-refractivity contribution is 0.0526. The minimum atomic E-state index is -0.441. The molecule has 0 bridgehead atoms. The van der Waals surface area contributed by atoms with Crippen LogP contribution in [0.2, 0.25) is 5.02 Å². The van der Waals surface area contributed by atoms with Gasteiger partial charge in [-0.15, -0.1) is 0 Å². The van der Waals surface area contributed by atoms with Crippen molar-refractivity contribution in [2.45, 2.75) is 13.3 Å². The molecular weight excluding hydrogens is 372 g/mol. The first-order valence-corrected chi connectivity index (χ1v) is 8.96. The highest BCUT2D eigenvalue weighted by Crippen LogP contribution is 2.21. The molecule has 0 unspecified atom stereocenters. The van der Waals surface area contributed by atoms with Crippen molar-refractivity contribution in [3.63, 3.8) is 0 Å². The average molecular weight is 393 g/mol. The molecule has 0 radical (unpaired) electrons. The topological polar surface area (TPSA) is 59.6 Å². The standard InChI is InChI=1S/C19H21ClN2O3S/c1-3-25-18(23)16-9-6-14(12-17(16)20)22-19(26)21-11-10-13-4-7-15(24-2)8-5-13/h4-9,12H,3,10-11H2,1-2H3,(H2,21,22,26). The Morgan fingerprint density at radius 3 is 2.54 bits per heavy atom. The van der Waals surface area contributed by atoms with Crippen LogP contribution in [0, 0.1) is 0 Å². The third kappa shape index (κ3) is 5.89. The maximum absolute atomic E-state index is 11.7. The third-order valence-corrected chi connectivity index (χ3v) is 4.14. The van der Waals surface area contributed by atoms with Gasteiger partial charge in [0.2, 0.25) is 0 Å². The summed E-state index contributed by atoms with van der Waals surface area (Å²) >= 11 is 11.4. The van der Waals surface area contributed by atoms with E-state index in [0.717, 1.165) is 12.2 Å². The zero-order chi connectivity index (χ0) is 18.9. The summed E-state index contributed by atoms with van der Waals surface area (Å²) in [7, 11) is 1.65. The van der Waals surface area contributed by atoms with Gasteiger partial charge in [0.1, 0.15) is 5.75 Å². The van der Waals surface area contributed by atoms with Gasteiger partial charge in [-0.05, 0) is 61.5 Å². The Morgan fingerprint density at radius 2 is 1.92 bits per heavy atom. The molecule has 0 aliphatic carbocycles. The molecule has 0 spiro atoms. The highest BCUT2D eigenvalue weighted by molar-refractivity contribution is 7.80. The minimum absolute atomic E-state index is 0.303. The zero-order valence-electron chi connectivity index (χ0n) is 14.7. The number of nitrogens with one attached hydrogen (secondary N) is 2. The van der Waals surface area contributed by atoms with E-state index in [-0.39, 0.29) is 0 Å². The summed E-state index contributed by atoms with van der Waals surface area (Å²) in [5.41, 5.74) is 2.21. The van der Waals surface area contributed by atoms with Crippen LogP contribution in [0.15, 0.2) is 42.5 Å². The molecule has 2 aromatic rings. The van der Waals surface area contributed by atoms with E-state index in [9.17, 15) is 4.79 Å². The van der Waals surface area contributed by atoms with Crippen LogP contribution in [-0.4, -0.2) is 31.3 Å². The number of hydrogen-bond donors (Lipinski definition) is 2. The van der Waals surface area contributed by atoms with Gasteiger partial charge in [0.15, 0.2) is 5.11 Å². The van der Waals surface area contributed by atoms with Gasteiger partial charge in [0.25, 0.3) is 0 Å². The number of hydrogen-bond acceptors (Lipinski definition) is 4. The lowest BCUT2D eigenvalue weighted by atomic mass is 10.1. The summed E-state index contributed by atoms with van der Waals surface area (Å²) in [4.78, 5) is 11.7. The summed E-state index contributed by atoms with van der Waals surface area (Å²) in [6.07, 6.45) is 0.828. The molecule has 0 saturated heterocycles. The molecule has 0 fully saturated rings. The van der Waals surface area contributed by atoms with E-state index >= 15 is 0 Å². The maximum Gasteiger partial charge on any atom is 0.339 e. The van der Waals surface area contributed by atoms with E-state index in [1.807, 2.05) is 24.3 Å². The molecule has 2 aromatic carbocycles. The van der Waals surface area contributed by atoms with Crippen LogP contribution < -0.4 is 15.4 Å². The lowest BCUT2D eigenvalue weighted by Gasteiger charge is -2.12. The number of carbonyl (C=O) groups excluding carboxylic acids is 1. The summed E-state index contributed by atoms with van der Waals surface area (Å²) in [6.45, 7) is 2.74. The molecule has 0 heterocycles. The van der Waals surface area contributed by atoms with Crippen LogP contribution >= 0.6 is 23.8 Å². The number of ether oxygens (including phenoxy) is 2. The van der Waals surface area contributed by atoms with Gasteiger partial charge in [-0.25, -0.2) is 4.79 Å². The molecule has 0 saturated carbocycles. The Labute approximate surface area is 163 Å². The van der Waals surface area contributed by atoms with Crippen LogP contribution in [0.25, 0.3) is 0 Å². The molecule has 0 amide bonds. The van der Waals surface area contributed by atoms with Crippen molar-refractivity contribution in [3.05, 3.63) is 58.6 Å². The average Bonchev–Trinajstić information content (AvgIpc) is 2.62. The van der Waals surface area contributed by atoms with Gasteiger partial charge in [-0.2, -0.15) is 0 Å². The maximum atomic E-state index is 11.7. The van der Waals surface area contributed by atoms with E-state index in [2.05, 4.69) is 10.6 Å². The minimum Gasteiger partial charge on any atom is -0.497 e. The van der Waals surface area contributed by atoms with Crippen LogP contribution in [-0.2, 0) is 11.2 Å². The molecule has 5 nitrogen and oxygen atoms in total. The predicted octanol–water partition coefficient (Wildman–Crippen LogP) is 4.05. The Morgan fingerprint density at radius 1 is 1.19 bits per heavy atom. The molecule has 0 aromatic heterocycles. The van der Waals surface area contributed by atoms with Gasteiger partial charge < -0.3 is 20.1 Å². The Kier molecular flexibility index (Phi) is 7.69. The van der Waals surface area contributed by atoms with Crippen LogP contribution in [0.1, 0.15) is 22.8 Å². The number of methoxy groups -OCH3 is 1. The second-order valence-electron chi connectivity index (χ2n) is 5.39. The Bertz CT molecular complexity index is 766. The second-order valence-corrected chi connectivity index (χ2v) is 6.21. The third-order valence-electron chi connectivity index (χ3n) is 3.58. The molecule has 0 aliphatic heterocycles. The van der Waals surface area contributed by atoms with Gasteiger partial charge in [-0.1, -0.05) is 23.7 Å². The largest absolute Gasteiger partial charge is 0.497 e. The van der Waals surface area contributed by atoms with Crippen LogP contribution in [0.3, 0.4) is 0 Å². The fraction of sp³-hybridized carbons (Fsp3) is 0.263.